The molecule has 0 aliphatic heterocycles. The average Bonchev–Trinajstić information content (AvgIpc) is 2.68. The van der Waals surface area contributed by atoms with Crippen LogP contribution in [0.5, 0.6) is 17.2 Å². The van der Waals surface area contributed by atoms with E-state index in [1.807, 2.05) is 27.7 Å². The maximum Gasteiger partial charge on any atom is 0.276 e. The van der Waals surface area contributed by atoms with Gasteiger partial charge in [0.15, 0.2) is 11.5 Å². The highest BCUT2D eigenvalue weighted by Gasteiger charge is 2.14. The number of nitrogens with zero attached hydrogens (tertiary/aromatic N) is 1. The van der Waals surface area contributed by atoms with Crippen LogP contribution < -0.4 is 19.0 Å². The standard InChI is InChI=1S/C21H27ClN2O5S/c1-5-27-17-7-9-18(10-8-17)30(25,26)24-23-13-16-11-19(22)21(29-14-15(3)4)20(12-16)28-6-2/h7-13,15,24H,5-6,14H2,1-4H3/b23-13+. The minimum absolute atomic E-state index is 0.0774. The minimum atomic E-state index is -3.81. The monoisotopic (exact) mass is 454 g/mol. The first kappa shape index (κ1) is 23.8. The third kappa shape index (κ3) is 6.81. The fourth-order valence-electron chi connectivity index (χ4n) is 2.42. The number of halogens is 1. The number of hydrogen-bond acceptors (Lipinski definition) is 6. The molecule has 0 aromatic heterocycles. The summed E-state index contributed by atoms with van der Waals surface area (Å²) in [6.07, 6.45) is 1.35. The van der Waals surface area contributed by atoms with Crippen molar-refractivity contribution in [3.05, 3.63) is 47.0 Å². The molecule has 0 radical (unpaired) electrons. The van der Waals surface area contributed by atoms with Crippen molar-refractivity contribution in [2.75, 3.05) is 19.8 Å². The van der Waals surface area contributed by atoms with Crippen molar-refractivity contribution >= 4 is 27.8 Å². The lowest BCUT2D eigenvalue weighted by molar-refractivity contribution is 0.248. The van der Waals surface area contributed by atoms with Crippen molar-refractivity contribution in [1.82, 2.24) is 4.83 Å². The summed E-state index contributed by atoms with van der Waals surface area (Å²) < 4.78 is 41.5. The van der Waals surface area contributed by atoms with Gasteiger partial charge in [-0.15, -0.1) is 0 Å². The van der Waals surface area contributed by atoms with Crippen molar-refractivity contribution in [3.63, 3.8) is 0 Å². The number of nitrogens with one attached hydrogen (secondary N) is 1. The van der Waals surface area contributed by atoms with Crippen LogP contribution in [-0.2, 0) is 10.0 Å². The van der Waals surface area contributed by atoms with Gasteiger partial charge < -0.3 is 14.2 Å². The van der Waals surface area contributed by atoms with E-state index in [9.17, 15) is 8.42 Å². The Kier molecular flexibility index (Phi) is 8.80. The molecule has 164 valence electrons. The zero-order valence-electron chi connectivity index (χ0n) is 17.5. The Hall–Kier alpha value is -2.45. The molecule has 0 atom stereocenters. The molecule has 0 amide bonds. The molecule has 0 saturated heterocycles. The Morgan fingerprint density at radius 1 is 1.07 bits per heavy atom. The van der Waals surface area contributed by atoms with Crippen LogP contribution in [0.3, 0.4) is 0 Å². The summed E-state index contributed by atoms with van der Waals surface area (Å²) in [4.78, 5) is 2.26. The highest BCUT2D eigenvalue weighted by Crippen LogP contribution is 2.36. The van der Waals surface area contributed by atoms with Crippen LogP contribution in [0.1, 0.15) is 33.3 Å². The zero-order valence-corrected chi connectivity index (χ0v) is 19.1. The molecular formula is C21H27ClN2O5S. The van der Waals surface area contributed by atoms with E-state index in [2.05, 4.69) is 9.93 Å². The Labute approximate surface area is 183 Å². The summed E-state index contributed by atoms with van der Waals surface area (Å²) in [7, 11) is -3.81. The second-order valence-corrected chi connectivity index (χ2v) is 8.79. The summed E-state index contributed by atoms with van der Waals surface area (Å²) >= 11 is 6.34. The van der Waals surface area contributed by atoms with E-state index in [-0.39, 0.29) is 4.90 Å². The van der Waals surface area contributed by atoms with Crippen LogP contribution in [0.15, 0.2) is 46.4 Å². The van der Waals surface area contributed by atoms with E-state index in [0.717, 1.165) is 0 Å². The van der Waals surface area contributed by atoms with Crippen molar-refractivity contribution in [2.45, 2.75) is 32.6 Å². The minimum Gasteiger partial charge on any atom is -0.494 e. The maximum absolute atomic E-state index is 12.4. The third-order valence-electron chi connectivity index (χ3n) is 3.72. The van der Waals surface area contributed by atoms with Crippen LogP contribution in [0, 0.1) is 5.92 Å². The smallest absolute Gasteiger partial charge is 0.276 e. The Balaban J connectivity index is 2.16. The highest BCUT2D eigenvalue weighted by atomic mass is 35.5. The fraction of sp³-hybridized carbons (Fsp3) is 0.381. The molecular weight excluding hydrogens is 428 g/mol. The molecule has 0 unspecified atom stereocenters. The normalized spacial score (nSPS) is 11.7. The second-order valence-electron chi connectivity index (χ2n) is 6.73. The first-order valence-corrected chi connectivity index (χ1v) is 11.5. The van der Waals surface area contributed by atoms with E-state index in [0.29, 0.717) is 53.6 Å². The van der Waals surface area contributed by atoms with Crippen LogP contribution >= 0.6 is 11.6 Å². The van der Waals surface area contributed by atoms with Gasteiger partial charge in [0.25, 0.3) is 10.0 Å². The molecule has 0 aliphatic carbocycles. The molecule has 0 fully saturated rings. The van der Waals surface area contributed by atoms with Gasteiger partial charge >= 0.3 is 0 Å². The topological polar surface area (TPSA) is 86.2 Å². The summed E-state index contributed by atoms with van der Waals surface area (Å²) in [6.45, 7) is 9.20. The van der Waals surface area contributed by atoms with Gasteiger partial charge in [0.2, 0.25) is 0 Å². The van der Waals surface area contributed by atoms with Crippen LogP contribution in [0.25, 0.3) is 0 Å². The Morgan fingerprint density at radius 2 is 1.73 bits per heavy atom. The number of ether oxygens (including phenoxy) is 3. The molecule has 2 aromatic carbocycles. The van der Waals surface area contributed by atoms with E-state index in [1.165, 1.54) is 18.3 Å². The van der Waals surface area contributed by atoms with E-state index >= 15 is 0 Å². The quantitative estimate of drug-likeness (QED) is 0.399. The Bertz CT molecular complexity index is 960. The molecule has 0 spiro atoms. The second kappa shape index (κ2) is 11.1. The van der Waals surface area contributed by atoms with E-state index in [1.54, 1.807) is 24.3 Å². The van der Waals surface area contributed by atoms with Crippen LogP contribution in [0.4, 0.5) is 0 Å². The molecule has 2 aromatic rings. The lowest BCUT2D eigenvalue weighted by atomic mass is 10.2. The van der Waals surface area contributed by atoms with Gasteiger partial charge in [-0.1, -0.05) is 25.4 Å². The number of rotatable bonds is 11. The van der Waals surface area contributed by atoms with Gasteiger partial charge in [0, 0.05) is 0 Å². The predicted molar refractivity (Wildman–Crippen MR) is 118 cm³/mol. The molecule has 0 saturated carbocycles. The van der Waals surface area contributed by atoms with E-state index in [4.69, 9.17) is 25.8 Å². The summed E-state index contributed by atoms with van der Waals surface area (Å²) in [5, 5.41) is 4.20. The first-order valence-electron chi connectivity index (χ1n) is 9.63. The van der Waals surface area contributed by atoms with E-state index < -0.39 is 10.0 Å². The SMILES string of the molecule is CCOc1ccc(S(=O)(=O)N/N=C/c2cc(Cl)c(OCC(C)C)c(OCC)c2)cc1. The fourth-order valence-corrected chi connectivity index (χ4v) is 3.49. The average molecular weight is 455 g/mol. The molecule has 7 nitrogen and oxygen atoms in total. The molecule has 0 heterocycles. The van der Waals surface area contributed by atoms with Gasteiger partial charge in [-0.3, -0.25) is 0 Å². The van der Waals surface area contributed by atoms with Crippen molar-refractivity contribution < 1.29 is 22.6 Å². The van der Waals surface area contributed by atoms with Crippen molar-refractivity contribution in [1.29, 1.82) is 0 Å². The highest BCUT2D eigenvalue weighted by molar-refractivity contribution is 7.89. The van der Waals surface area contributed by atoms with Crippen LogP contribution in [-0.4, -0.2) is 34.5 Å². The van der Waals surface area contributed by atoms with Gasteiger partial charge in [0.1, 0.15) is 5.75 Å². The van der Waals surface area contributed by atoms with Crippen molar-refractivity contribution in [3.8, 4) is 17.2 Å². The maximum atomic E-state index is 12.4. The molecule has 0 aliphatic rings. The third-order valence-corrected chi connectivity index (χ3v) is 5.24. The van der Waals surface area contributed by atoms with Gasteiger partial charge in [-0.2, -0.15) is 13.5 Å². The molecule has 2 rings (SSSR count). The summed E-state index contributed by atoms with van der Waals surface area (Å²) in [5.41, 5.74) is 0.565. The van der Waals surface area contributed by atoms with Gasteiger partial charge in [-0.05, 0) is 61.7 Å². The zero-order chi connectivity index (χ0) is 22.1. The van der Waals surface area contributed by atoms with Gasteiger partial charge in [-0.25, -0.2) is 4.83 Å². The van der Waals surface area contributed by atoms with Gasteiger partial charge in [0.05, 0.1) is 36.0 Å². The van der Waals surface area contributed by atoms with Crippen LogP contribution in [0.2, 0.25) is 5.02 Å². The lowest BCUT2D eigenvalue weighted by Crippen LogP contribution is -2.18. The molecule has 1 N–H and O–H groups in total. The number of benzene rings is 2. The lowest BCUT2D eigenvalue weighted by Gasteiger charge is -2.15. The Morgan fingerprint density at radius 3 is 2.33 bits per heavy atom. The summed E-state index contributed by atoms with van der Waals surface area (Å²) in [6, 6.07) is 9.41. The number of hydrogen-bond donors (Lipinski definition) is 1. The molecule has 30 heavy (non-hydrogen) atoms. The number of hydrazone groups is 1. The molecule has 9 heteroatoms. The van der Waals surface area contributed by atoms with Crippen molar-refractivity contribution in [2.24, 2.45) is 11.0 Å². The first-order chi connectivity index (χ1) is 14.3. The summed E-state index contributed by atoms with van der Waals surface area (Å²) in [5.74, 6) is 1.85. The largest absolute Gasteiger partial charge is 0.494 e. The predicted octanol–water partition coefficient (Wildman–Crippen LogP) is 4.48. The number of sulfonamides is 1. The molecule has 0 bridgehead atoms.